The Hall–Kier alpha value is -2.71. The molecule has 0 bridgehead atoms. The Labute approximate surface area is 114 Å². The highest BCUT2D eigenvalue weighted by Crippen LogP contribution is 2.14. The van der Waals surface area contributed by atoms with E-state index >= 15 is 0 Å². The fourth-order valence-corrected chi connectivity index (χ4v) is 1.56. The highest BCUT2D eigenvalue weighted by molar-refractivity contribution is 5.89. The number of carbonyl (C=O) groups is 1. The number of nitrogens with one attached hydrogen (secondary N) is 2. The van der Waals surface area contributed by atoms with Gasteiger partial charge in [-0.3, -0.25) is 9.89 Å². The Morgan fingerprint density at radius 3 is 2.90 bits per heavy atom. The van der Waals surface area contributed by atoms with Crippen LogP contribution in [-0.2, 0) is 11.3 Å². The molecule has 20 heavy (non-hydrogen) atoms. The van der Waals surface area contributed by atoms with Gasteiger partial charge in [0.1, 0.15) is 6.54 Å². The molecule has 2 N–H and O–H groups in total. The highest BCUT2D eigenvalue weighted by Gasteiger charge is 2.14. The third-order valence-electron chi connectivity index (χ3n) is 2.61. The Bertz CT molecular complexity index is 630. The zero-order valence-corrected chi connectivity index (χ0v) is 11.0. The molecule has 1 amide bonds. The first-order valence-electron chi connectivity index (χ1n) is 5.98. The molecule has 0 aliphatic heterocycles. The minimum absolute atomic E-state index is 0.113. The van der Waals surface area contributed by atoms with Crippen LogP contribution in [0.25, 0.3) is 0 Å². The molecule has 2 heterocycles. The van der Waals surface area contributed by atoms with Crippen molar-refractivity contribution in [1.82, 2.24) is 20.0 Å². The Balaban J connectivity index is 1.95. The second-order valence-electron chi connectivity index (χ2n) is 4.54. The number of nitro groups is 1. The van der Waals surface area contributed by atoms with E-state index < -0.39 is 4.92 Å². The van der Waals surface area contributed by atoms with Crippen LogP contribution in [0, 0.1) is 10.1 Å². The van der Waals surface area contributed by atoms with Crippen molar-refractivity contribution in [2.24, 2.45) is 0 Å². The van der Waals surface area contributed by atoms with Crippen LogP contribution in [0.3, 0.4) is 0 Å². The molecule has 0 saturated carbocycles. The van der Waals surface area contributed by atoms with Crippen molar-refractivity contribution in [3.8, 4) is 0 Å². The molecule has 0 unspecified atom stereocenters. The first-order valence-corrected chi connectivity index (χ1v) is 5.98. The zero-order valence-electron chi connectivity index (χ0n) is 11.0. The first kappa shape index (κ1) is 13.7. The fourth-order valence-electron chi connectivity index (χ4n) is 1.56. The van der Waals surface area contributed by atoms with Gasteiger partial charge in [-0.2, -0.15) is 9.78 Å². The van der Waals surface area contributed by atoms with Crippen LogP contribution in [0.4, 0.5) is 11.6 Å². The molecule has 106 valence electrons. The summed E-state index contributed by atoms with van der Waals surface area (Å²) >= 11 is 0. The van der Waals surface area contributed by atoms with E-state index in [0.717, 1.165) is 5.69 Å². The fraction of sp³-hybridized carbons (Fsp3) is 0.364. The molecular formula is C11H14N6O3. The van der Waals surface area contributed by atoms with Crippen molar-refractivity contribution >= 4 is 17.5 Å². The summed E-state index contributed by atoms with van der Waals surface area (Å²) in [6.07, 6.45) is 1.38. The second-order valence-corrected chi connectivity index (χ2v) is 4.54. The number of rotatable bonds is 5. The lowest BCUT2D eigenvalue weighted by molar-refractivity contribution is -0.389. The quantitative estimate of drug-likeness (QED) is 0.630. The van der Waals surface area contributed by atoms with Gasteiger partial charge in [0.2, 0.25) is 5.91 Å². The number of aromatic nitrogens is 4. The third-order valence-corrected chi connectivity index (χ3v) is 2.61. The van der Waals surface area contributed by atoms with E-state index in [9.17, 15) is 14.9 Å². The normalized spacial score (nSPS) is 10.8. The van der Waals surface area contributed by atoms with Gasteiger partial charge in [0.05, 0.1) is 17.4 Å². The SMILES string of the molecule is CC(C)c1cc(NC(=O)Cn2ccc([N+](=O)[O-])n2)n[nH]1. The Morgan fingerprint density at radius 1 is 1.60 bits per heavy atom. The van der Waals surface area contributed by atoms with E-state index in [-0.39, 0.29) is 24.2 Å². The van der Waals surface area contributed by atoms with Crippen LogP contribution in [0.2, 0.25) is 0 Å². The largest absolute Gasteiger partial charge is 0.389 e. The molecule has 0 fully saturated rings. The van der Waals surface area contributed by atoms with Crippen LogP contribution in [-0.4, -0.2) is 30.8 Å². The summed E-state index contributed by atoms with van der Waals surface area (Å²) in [6, 6.07) is 2.98. The van der Waals surface area contributed by atoms with Crippen LogP contribution in [0.5, 0.6) is 0 Å². The molecule has 0 aromatic carbocycles. The van der Waals surface area contributed by atoms with Gasteiger partial charge in [-0.15, -0.1) is 0 Å². The first-order chi connectivity index (χ1) is 9.45. The number of aromatic amines is 1. The number of H-pyrrole nitrogens is 1. The van der Waals surface area contributed by atoms with Crippen molar-refractivity contribution in [3.05, 3.63) is 34.1 Å². The number of hydrogen-bond donors (Lipinski definition) is 2. The van der Waals surface area contributed by atoms with E-state index in [1.807, 2.05) is 13.8 Å². The highest BCUT2D eigenvalue weighted by atomic mass is 16.6. The molecule has 0 spiro atoms. The predicted octanol–water partition coefficient (Wildman–Crippen LogP) is 1.28. The maximum Gasteiger partial charge on any atom is 0.389 e. The standard InChI is InChI=1S/C11H14N6O3/c1-7(2)8-5-9(14-13-8)12-11(18)6-16-4-3-10(15-16)17(19)20/h3-5,7H,6H2,1-2H3,(H2,12,13,14,18). The topological polar surface area (TPSA) is 119 Å². The van der Waals surface area contributed by atoms with E-state index in [4.69, 9.17) is 0 Å². The van der Waals surface area contributed by atoms with Crippen LogP contribution >= 0.6 is 0 Å². The molecule has 0 aliphatic carbocycles. The van der Waals surface area contributed by atoms with Crippen LogP contribution in [0.1, 0.15) is 25.5 Å². The molecular weight excluding hydrogens is 264 g/mol. The molecule has 9 nitrogen and oxygen atoms in total. The molecule has 0 atom stereocenters. The lowest BCUT2D eigenvalue weighted by Gasteiger charge is -1.99. The average Bonchev–Trinajstić information content (AvgIpc) is 2.98. The summed E-state index contributed by atoms with van der Waals surface area (Å²) in [5.41, 5.74) is 0.912. The number of hydrogen-bond acceptors (Lipinski definition) is 5. The Kier molecular flexibility index (Phi) is 3.78. The van der Waals surface area contributed by atoms with Crippen molar-refractivity contribution in [2.75, 3.05) is 5.32 Å². The van der Waals surface area contributed by atoms with Gasteiger partial charge in [0.25, 0.3) is 0 Å². The third kappa shape index (κ3) is 3.19. The summed E-state index contributed by atoms with van der Waals surface area (Å²) in [4.78, 5) is 21.6. The van der Waals surface area contributed by atoms with E-state index in [2.05, 4.69) is 20.6 Å². The van der Waals surface area contributed by atoms with Gasteiger partial charge in [-0.1, -0.05) is 13.8 Å². The van der Waals surface area contributed by atoms with E-state index in [1.165, 1.54) is 16.9 Å². The summed E-state index contributed by atoms with van der Waals surface area (Å²) in [5.74, 6) is 0.0479. The maximum atomic E-state index is 11.7. The van der Waals surface area contributed by atoms with Gasteiger partial charge >= 0.3 is 5.82 Å². The minimum atomic E-state index is -0.614. The molecule has 9 heteroatoms. The number of nitrogens with zero attached hydrogens (tertiary/aromatic N) is 4. The molecule has 0 saturated heterocycles. The van der Waals surface area contributed by atoms with Gasteiger partial charge < -0.3 is 15.4 Å². The average molecular weight is 278 g/mol. The summed E-state index contributed by atoms with van der Waals surface area (Å²) in [6.45, 7) is 3.89. The molecule has 2 aromatic heterocycles. The molecule has 0 radical (unpaired) electrons. The lowest BCUT2D eigenvalue weighted by atomic mass is 10.1. The van der Waals surface area contributed by atoms with Crippen LogP contribution < -0.4 is 5.32 Å². The van der Waals surface area contributed by atoms with Gasteiger partial charge in [0, 0.05) is 11.8 Å². The van der Waals surface area contributed by atoms with Crippen molar-refractivity contribution in [1.29, 1.82) is 0 Å². The van der Waals surface area contributed by atoms with E-state index in [0.29, 0.717) is 5.82 Å². The van der Waals surface area contributed by atoms with E-state index in [1.54, 1.807) is 6.07 Å². The van der Waals surface area contributed by atoms with Gasteiger partial charge in [0.15, 0.2) is 5.82 Å². The lowest BCUT2D eigenvalue weighted by Crippen LogP contribution is -2.19. The summed E-state index contributed by atoms with van der Waals surface area (Å²) in [5, 5.41) is 23.5. The number of anilines is 1. The van der Waals surface area contributed by atoms with Crippen molar-refractivity contribution in [3.63, 3.8) is 0 Å². The second kappa shape index (κ2) is 5.51. The van der Waals surface area contributed by atoms with Gasteiger partial charge in [-0.05, 0) is 10.8 Å². The maximum absolute atomic E-state index is 11.7. The summed E-state index contributed by atoms with van der Waals surface area (Å²) in [7, 11) is 0. The molecule has 2 aromatic rings. The smallest absolute Gasteiger partial charge is 0.358 e. The molecule has 0 aliphatic rings. The zero-order chi connectivity index (χ0) is 14.7. The minimum Gasteiger partial charge on any atom is -0.358 e. The molecule has 2 rings (SSSR count). The van der Waals surface area contributed by atoms with Crippen molar-refractivity contribution in [2.45, 2.75) is 26.3 Å². The number of amides is 1. The van der Waals surface area contributed by atoms with Gasteiger partial charge in [-0.25, -0.2) is 0 Å². The monoisotopic (exact) mass is 278 g/mol. The predicted molar refractivity (Wildman–Crippen MR) is 70.2 cm³/mol. The number of carbonyl (C=O) groups excluding carboxylic acids is 1. The van der Waals surface area contributed by atoms with Crippen molar-refractivity contribution < 1.29 is 9.72 Å². The summed E-state index contributed by atoms with van der Waals surface area (Å²) < 4.78 is 1.20. The van der Waals surface area contributed by atoms with Crippen LogP contribution in [0.15, 0.2) is 18.3 Å². The Morgan fingerprint density at radius 2 is 2.35 bits per heavy atom.